The average Bonchev–Trinajstić information content (AvgIpc) is 2.83. The number of rotatable bonds is 3. The van der Waals surface area contributed by atoms with Gasteiger partial charge in [-0.1, -0.05) is 19.1 Å². The Morgan fingerprint density at radius 3 is 2.90 bits per heavy atom. The Labute approximate surface area is 130 Å². The van der Waals surface area contributed by atoms with E-state index in [1.165, 1.54) is 5.56 Å². The Hall–Kier alpha value is -1.61. The van der Waals surface area contributed by atoms with Crippen LogP contribution in [0.2, 0.25) is 0 Å². The van der Waals surface area contributed by atoms with Crippen molar-refractivity contribution in [2.24, 2.45) is 0 Å². The minimum atomic E-state index is 0.0753. The molecule has 1 aliphatic rings. The quantitative estimate of drug-likeness (QED) is 0.866. The van der Waals surface area contributed by atoms with Gasteiger partial charge in [-0.15, -0.1) is 11.6 Å². The number of benzene rings is 2. The van der Waals surface area contributed by atoms with Crippen molar-refractivity contribution >= 4 is 28.1 Å². The molecule has 112 valence electrons. The predicted molar refractivity (Wildman–Crippen MR) is 88.1 cm³/mol. The van der Waals surface area contributed by atoms with E-state index < -0.39 is 0 Å². The average molecular weight is 306 g/mol. The summed E-state index contributed by atoms with van der Waals surface area (Å²) in [5.41, 5.74) is 2.25. The lowest BCUT2D eigenvalue weighted by Crippen LogP contribution is -2.20. The second kappa shape index (κ2) is 5.30. The fourth-order valence-electron chi connectivity index (χ4n) is 3.36. The number of phenolic OH excluding ortho intramolecular Hbond substituents is 1. The van der Waals surface area contributed by atoms with Crippen molar-refractivity contribution in [3.63, 3.8) is 0 Å². The highest BCUT2D eigenvalue weighted by atomic mass is 35.5. The lowest BCUT2D eigenvalue weighted by molar-refractivity contribution is 0.419. The molecule has 2 aromatic carbocycles. The monoisotopic (exact) mass is 305 g/mol. The first-order chi connectivity index (χ1) is 10.1. The highest BCUT2D eigenvalue weighted by Crippen LogP contribution is 2.49. The van der Waals surface area contributed by atoms with Crippen molar-refractivity contribution in [2.75, 3.05) is 25.6 Å². The van der Waals surface area contributed by atoms with Crippen molar-refractivity contribution in [1.29, 1.82) is 0 Å². The smallest absolute Gasteiger partial charge is 0.127 e. The number of hydrogen-bond donors (Lipinski definition) is 1. The van der Waals surface area contributed by atoms with E-state index in [-0.39, 0.29) is 17.0 Å². The second-order valence-corrected chi connectivity index (χ2v) is 6.18. The molecular formula is C17H20ClNO2. The molecule has 4 heteroatoms. The highest BCUT2D eigenvalue weighted by Gasteiger charge is 2.34. The third-order valence-electron chi connectivity index (χ3n) is 4.42. The molecule has 1 aliphatic heterocycles. The van der Waals surface area contributed by atoms with Gasteiger partial charge in [0.05, 0.1) is 7.11 Å². The zero-order chi connectivity index (χ0) is 15.1. The van der Waals surface area contributed by atoms with Crippen molar-refractivity contribution in [3.8, 4) is 11.5 Å². The van der Waals surface area contributed by atoms with Gasteiger partial charge in [0.2, 0.25) is 0 Å². The van der Waals surface area contributed by atoms with Crippen LogP contribution in [0.1, 0.15) is 24.8 Å². The van der Waals surface area contributed by atoms with Crippen LogP contribution in [0.5, 0.6) is 11.5 Å². The van der Waals surface area contributed by atoms with E-state index in [9.17, 15) is 5.11 Å². The molecule has 21 heavy (non-hydrogen) atoms. The lowest BCUT2D eigenvalue weighted by atomic mass is 9.90. The molecule has 0 saturated heterocycles. The van der Waals surface area contributed by atoms with Crippen LogP contribution in [-0.4, -0.2) is 31.2 Å². The number of methoxy groups -OCH3 is 1. The summed E-state index contributed by atoms with van der Waals surface area (Å²) in [6.07, 6.45) is 0.914. The molecule has 2 atom stereocenters. The zero-order valence-electron chi connectivity index (χ0n) is 12.6. The minimum Gasteiger partial charge on any atom is -0.507 e. The molecule has 0 bridgehead atoms. The number of halogens is 1. The molecular weight excluding hydrogens is 286 g/mol. The van der Waals surface area contributed by atoms with Crippen LogP contribution in [-0.2, 0) is 0 Å². The first-order valence-corrected chi connectivity index (χ1v) is 7.69. The molecule has 3 rings (SSSR count). The molecule has 0 amide bonds. The van der Waals surface area contributed by atoms with Crippen molar-refractivity contribution in [1.82, 2.24) is 0 Å². The Bertz CT molecular complexity index is 686. The molecule has 0 saturated carbocycles. The number of phenols is 1. The summed E-state index contributed by atoms with van der Waals surface area (Å²) in [5.74, 6) is 1.33. The molecule has 0 spiro atoms. The molecule has 1 N–H and O–H groups in total. The normalized spacial score (nSPS) is 18.9. The SMILES string of the molecule is CCC(Cl)C1CN(C)c2cc(O)c3cccc(OC)c3c21. The maximum Gasteiger partial charge on any atom is 0.127 e. The van der Waals surface area contributed by atoms with Gasteiger partial charge in [-0.3, -0.25) is 0 Å². The Balaban J connectivity index is 2.36. The van der Waals surface area contributed by atoms with Crippen molar-refractivity contribution in [2.45, 2.75) is 24.6 Å². The summed E-state index contributed by atoms with van der Waals surface area (Å²) < 4.78 is 5.53. The van der Waals surface area contributed by atoms with E-state index in [2.05, 4.69) is 11.8 Å². The molecule has 0 aliphatic carbocycles. The third kappa shape index (κ3) is 2.11. The van der Waals surface area contributed by atoms with Gasteiger partial charge in [0.1, 0.15) is 11.5 Å². The number of hydrogen-bond acceptors (Lipinski definition) is 3. The first kappa shape index (κ1) is 14.3. The first-order valence-electron chi connectivity index (χ1n) is 7.26. The van der Waals surface area contributed by atoms with Crippen molar-refractivity contribution in [3.05, 3.63) is 29.8 Å². The summed E-state index contributed by atoms with van der Waals surface area (Å²) >= 11 is 6.57. The summed E-state index contributed by atoms with van der Waals surface area (Å²) in [7, 11) is 3.70. The fourth-order valence-corrected chi connectivity index (χ4v) is 3.57. The fraction of sp³-hybridized carbons (Fsp3) is 0.412. The number of aromatic hydroxyl groups is 1. The Morgan fingerprint density at radius 2 is 2.24 bits per heavy atom. The summed E-state index contributed by atoms with van der Waals surface area (Å²) in [4.78, 5) is 2.16. The van der Waals surface area contributed by atoms with Gasteiger partial charge < -0.3 is 14.7 Å². The molecule has 1 heterocycles. The number of likely N-dealkylation sites (N-methyl/N-ethyl adjacent to an activating group) is 1. The number of nitrogens with zero attached hydrogens (tertiary/aromatic N) is 1. The van der Waals surface area contributed by atoms with Gasteiger partial charge in [-0.2, -0.15) is 0 Å². The van der Waals surface area contributed by atoms with Gasteiger partial charge >= 0.3 is 0 Å². The molecule has 2 aromatic rings. The van der Waals surface area contributed by atoms with Crippen LogP contribution >= 0.6 is 11.6 Å². The molecule has 0 radical (unpaired) electrons. The van der Waals surface area contributed by atoms with E-state index in [1.807, 2.05) is 31.3 Å². The second-order valence-electron chi connectivity index (χ2n) is 5.62. The van der Waals surface area contributed by atoms with Crippen LogP contribution in [0.15, 0.2) is 24.3 Å². The Kier molecular flexibility index (Phi) is 3.62. The van der Waals surface area contributed by atoms with E-state index in [0.717, 1.165) is 35.2 Å². The van der Waals surface area contributed by atoms with E-state index in [1.54, 1.807) is 7.11 Å². The lowest BCUT2D eigenvalue weighted by Gasteiger charge is -2.19. The molecule has 0 aromatic heterocycles. The summed E-state index contributed by atoms with van der Waals surface area (Å²) in [6.45, 7) is 2.98. The largest absolute Gasteiger partial charge is 0.507 e. The third-order valence-corrected chi connectivity index (χ3v) is 5.03. The van der Waals surface area contributed by atoms with Gasteiger partial charge in [0.15, 0.2) is 0 Å². The number of anilines is 1. The van der Waals surface area contributed by atoms with Gasteiger partial charge in [-0.05, 0) is 18.1 Å². The number of ether oxygens (including phenoxy) is 1. The maximum absolute atomic E-state index is 10.3. The molecule has 0 fully saturated rings. The van der Waals surface area contributed by atoms with Crippen LogP contribution < -0.4 is 9.64 Å². The number of alkyl halides is 1. The van der Waals surface area contributed by atoms with Crippen LogP contribution in [0.25, 0.3) is 10.8 Å². The van der Waals surface area contributed by atoms with Gasteiger partial charge in [0, 0.05) is 47.4 Å². The number of fused-ring (bicyclic) bond motifs is 3. The molecule has 3 nitrogen and oxygen atoms in total. The topological polar surface area (TPSA) is 32.7 Å². The van der Waals surface area contributed by atoms with Gasteiger partial charge in [-0.25, -0.2) is 0 Å². The van der Waals surface area contributed by atoms with E-state index in [0.29, 0.717) is 0 Å². The highest BCUT2D eigenvalue weighted by molar-refractivity contribution is 6.21. The standard InChI is InChI=1S/C17H20ClNO2/c1-4-12(18)11-9-19(2)13-8-14(20)10-6-5-7-15(21-3)17(10)16(11)13/h5-8,11-12,20H,4,9H2,1-3H3. The van der Waals surface area contributed by atoms with E-state index >= 15 is 0 Å². The summed E-state index contributed by atoms with van der Waals surface area (Å²) in [6, 6.07) is 7.61. The predicted octanol–water partition coefficient (Wildman–Crippen LogP) is 4.10. The van der Waals surface area contributed by atoms with Gasteiger partial charge in [0.25, 0.3) is 0 Å². The van der Waals surface area contributed by atoms with E-state index in [4.69, 9.17) is 16.3 Å². The Morgan fingerprint density at radius 1 is 1.48 bits per heavy atom. The van der Waals surface area contributed by atoms with Crippen LogP contribution in [0.3, 0.4) is 0 Å². The van der Waals surface area contributed by atoms with Crippen LogP contribution in [0.4, 0.5) is 5.69 Å². The van der Waals surface area contributed by atoms with Crippen LogP contribution in [0, 0.1) is 0 Å². The minimum absolute atomic E-state index is 0.0753. The summed E-state index contributed by atoms with van der Waals surface area (Å²) in [5, 5.41) is 12.2. The van der Waals surface area contributed by atoms with Crippen molar-refractivity contribution < 1.29 is 9.84 Å². The maximum atomic E-state index is 10.3. The molecule has 2 unspecified atom stereocenters. The zero-order valence-corrected chi connectivity index (χ0v) is 13.3.